The Labute approximate surface area is 155 Å². The minimum atomic E-state index is 0.278. The topological polar surface area (TPSA) is 48.3 Å². The third-order valence-corrected chi connectivity index (χ3v) is 6.05. The lowest BCUT2D eigenvalue weighted by Crippen LogP contribution is -2.37. The Hall–Kier alpha value is -1.85. The normalized spacial score (nSPS) is 22.0. The Morgan fingerprint density at radius 1 is 1.27 bits per heavy atom. The molecule has 26 heavy (non-hydrogen) atoms. The molecule has 2 aliphatic heterocycles. The molecule has 1 N–H and O–H groups in total. The number of imidazole rings is 1. The van der Waals surface area contributed by atoms with E-state index in [1.165, 1.54) is 24.0 Å². The zero-order chi connectivity index (χ0) is 18.1. The average Bonchev–Trinajstić information content (AvgIpc) is 3.25. The van der Waals surface area contributed by atoms with Crippen LogP contribution in [0.25, 0.3) is 11.4 Å². The quantitative estimate of drug-likeness (QED) is 0.914. The van der Waals surface area contributed by atoms with Crippen LogP contribution in [-0.2, 0) is 11.3 Å². The predicted molar refractivity (Wildman–Crippen MR) is 103 cm³/mol. The van der Waals surface area contributed by atoms with E-state index in [4.69, 9.17) is 9.47 Å². The number of piperidine rings is 1. The minimum absolute atomic E-state index is 0.278. The second-order valence-electron chi connectivity index (χ2n) is 7.93. The third kappa shape index (κ3) is 3.26. The van der Waals surface area contributed by atoms with Gasteiger partial charge in [-0.05, 0) is 74.9 Å². The standard InChI is InChI=1S/C21H29N3O2/c1-15-11-19(25-3)16(2)10-18(15)20-23-8-9-24(20)13-17-12-21(14-26-17)4-6-22-7-5-21/h8-11,17,22H,4-7,12-14H2,1-3H3. The molecular formula is C21H29N3O2. The van der Waals surface area contributed by atoms with Gasteiger partial charge in [-0.2, -0.15) is 0 Å². The van der Waals surface area contributed by atoms with Crippen LogP contribution in [0.3, 0.4) is 0 Å². The summed E-state index contributed by atoms with van der Waals surface area (Å²) in [4.78, 5) is 4.65. The summed E-state index contributed by atoms with van der Waals surface area (Å²) in [5.74, 6) is 1.94. The van der Waals surface area contributed by atoms with Gasteiger partial charge in [0.1, 0.15) is 11.6 Å². The molecule has 1 aromatic carbocycles. The number of hydrogen-bond donors (Lipinski definition) is 1. The van der Waals surface area contributed by atoms with Crippen molar-refractivity contribution in [1.29, 1.82) is 0 Å². The molecule has 5 heteroatoms. The highest BCUT2D eigenvalue weighted by atomic mass is 16.5. The lowest BCUT2D eigenvalue weighted by atomic mass is 9.77. The molecule has 5 nitrogen and oxygen atoms in total. The van der Waals surface area contributed by atoms with Gasteiger partial charge in [0.25, 0.3) is 0 Å². The molecule has 2 aliphatic rings. The highest BCUT2D eigenvalue weighted by molar-refractivity contribution is 5.64. The largest absolute Gasteiger partial charge is 0.496 e. The number of hydrogen-bond acceptors (Lipinski definition) is 4. The van der Waals surface area contributed by atoms with E-state index in [2.05, 4.69) is 47.0 Å². The summed E-state index contributed by atoms with van der Waals surface area (Å²) in [7, 11) is 1.72. The number of aromatic nitrogens is 2. The van der Waals surface area contributed by atoms with Gasteiger partial charge in [-0.25, -0.2) is 4.98 Å². The van der Waals surface area contributed by atoms with Crippen molar-refractivity contribution in [3.63, 3.8) is 0 Å². The zero-order valence-corrected chi connectivity index (χ0v) is 16.0. The summed E-state index contributed by atoms with van der Waals surface area (Å²) >= 11 is 0. The van der Waals surface area contributed by atoms with Gasteiger partial charge in [-0.15, -0.1) is 0 Å². The first-order valence-corrected chi connectivity index (χ1v) is 9.59. The Morgan fingerprint density at radius 2 is 2.08 bits per heavy atom. The number of benzene rings is 1. The number of methoxy groups -OCH3 is 1. The molecule has 1 atom stereocenters. The summed E-state index contributed by atoms with van der Waals surface area (Å²) in [6.45, 7) is 8.22. The van der Waals surface area contributed by atoms with Crippen molar-refractivity contribution in [2.24, 2.45) is 5.41 Å². The van der Waals surface area contributed by atoms with Gasteiger partial charge in [0.05, 0.1) is 26.4 Å². The Kier molecular flexibility index (Phi) is 4.76. The molecule has 4 rings (SSSR count). The molecular weight excluding hydrogens is 326 g/mol. The Balaban J connectivity index is 1.54. The molecule has 2 aromatic rings. The second-order valence-corrected chi connectivity index (χ2v) is 7.93. The fourth-order valence-electron chi connectivity index (χ4n) is 4.49. The van der Waals surface area contributed by atoms with Gasteiger partial charge in [-0.1, -0.05) is 0 Å². The van der Waals surface area contributed by atoms with Crippen LogP contribution in [0.5, 0.6) is 5.75 Å². The van der Waals surface area contributed by atoms with Gasteiger partial charge >= 0.3 is 0 Å². The summed E-state index contributed by atoms with van der Waals surface area (Å²) < 4.78 is 13.9. The molecule has 2 saturated heterocycles. The van der Waals surface area contributed by atoms with E-state index in [0.29, 0.717) is 5.41 Å². The van der Waals surface area contributed by atoms with E-state index in [1.54, 1.807) is 7.11 Å². The molecule has 1 spiro atoms. The van der Waals surface area contributed by atoms with Gasteiger partial charge in [0.2, 0.25) is 0 Å². The molecule has 0 amide bonds. The minimum Gasteiger partial charge on any atom is -0.496 e. The van der Waals surface area contributed by atoms with Gasteiger partial charge in [0.15, 0.2) is 0 Å². The van der Waals surface area contributed by atoms with Crippen LogP contribution in [0.4, 0.5) is 0 Å². The van der Waals surface area contributed by atoms with Crippen molar-refractivity contribution in [1.82, 2.24) is 14.9 Å². The smallest absolute Gasteiger partial charge is 0.140 e. The van der Waals surface area contributed by atoms with Gasteiger partial charge in [-0.3, -0.25) is 0 Å². The van der Waals surface area contributed by atoms with Crippen molar-refractivity contribution in [3.05, 3.63) is 35.7 Å². The maximum Gasteiger partial charge on any atom is 0.140 e. The van der Waals surface area contributed by atoms with Crippen LogP contribution in [-0.4, -0.2) is 42.5 Å². The Bertz CT molecular complexity index is 778. The highest BCUT2D eigenvalue weighted by Gasteiger charge is 2.40. The molecule has 0 saturated carbocycles. The lowest BCUT2D eigenvalue weighted by molar-refractivity contribution is 0.0778. The Morgan fingerprint density at radius 3 is 2.85 bits per heavy atom. The van der Waals surface area contributed by atoms with Crippen molar-refractivity contribution in [2.45, 2.75) is 45.8 Å². The predicted octanol–water partition coefficient (Wildman–Crippen LogP) is 3.33. The van der Waals surface area contributed by atoms with Gasteiger partial charge in [0, 0.05) is 18.0 Å². The molecule has 0 radical (unpaired) electrons. The van der Waals surface area contributed by atoms with E-state index < -0.39 is 0 Å². The van der Waals surface area contributed by atoms with Crippen molar-refractivity contribution in [3.8, 4) is 17.1 Å². The molecule has 1 aromatic heterocycles. The van der Waals surface area contributed by atoms with Crippen LogP contribution >= 0.6 is 0 Å². The van der Waals surface area contributed by atoms with Crippen LogP contribution in [0.15, 0.2) is 24.5 Å². The average molecular weight is 355 g/mol. The van der Waals surface area contributed by atoms with E-state index in [-0.39, 0.29) is 6.10 Å². The molecule has 1 unspecified atom stereocenters. The fraction of sp³-hybridized carbons (Fsp3) is 0.571. The van der Waals surface area contributed by atoms with Crippen LogP contribution in [0.1, 0.15) is 30.4 Å². The highest BCUT2D eigenvalue weighted by Crippen LogP contribution is 2.41. The van der Waals surface area contributed by atoms with E-state index in [9.17, 15) is 0 Å². The zero-order valence-electron chi connectivity index (χ0n) is 16.0. The number of nitrogens with one attached hydrogen (secondary N) is 1. The molecule has 2 fully saturated rings. The molecule has 0 bridgehead atoms. The SMILES string of the molecule is COc1cc(C)c(-c2nccn2CC2CC3(CCNCC3)CO2)cc1C. The number of aryl methyl sites for hydroxylation is 2. The summed E-state index contributed by atoms with van der Waals surface area (Å²) in [6, 6.07) is 4.27. The third-order valence-electron chi connectivity index (χ3n) is 6.05. The fourth-order valence-corrected chi connectivity index (χ4v) is 4.49. The van der Waals surface area contributed by atoms with Crippen molar-refractivity contribution < 1.29 is 9.47 Å². The monoisotopic (exact) mass is 355 g/mol. The van der Waals surface area contributed by atoms with Crippen molar-refractivity contribution >= 4 is 0 Å². The maximum atomic E-state index is 6.20. The first kappa shape index (κ1) is 17.6. The maximum absolute atomic E-state index is 6.20. The summed E-state index contributed by atoms with van der Waals surface area (Å²) in [5, 5.41) is 3.47. The summed E-state index contributed by atoms with van der Waals surface area (Å²) in [5.41, 5.74) is 3.88. The number of rotatable bonds is 4. The van der Waals surface area contributed by atoms with Crippen LogP contribution in [0, 0.1) is 19.3 Å². The van der Waals surface area contributed by atoms with E-state index in [0.717, 1.165) is 49.8 Å². The molecule has 140 valence electrons. The van der Waals surface area contributed by atoms with Crippen LogP contribution < -0.4 is 10.1 Å². The van der Waals surface area contributed by atoms with Crippen molar-refractivity contribution in [2.75, 3.05) is 26.8 Å². The van der Waals surface area contributed by atoms with Crippen LogP contribution in [0.2, 0.25) is 0 Å². The summed E-state index contributed by atoms with van der Waals surface area (Å²) in [6.07, 6.45) is 7.87. The first-order valence-electron chi connectivity index (χ1n) is 9.59. The molecule has 0 aliphatic carbocycles. The second kappa shape index (κ2) is 7.05. The van der Waals surface area contributed by atoms with E-state index >= 15 is 0 Å². The van der Waals surface area contributed by atoms with E-state index in [1.807, 2.05) is 6.20 Å². The van der Waals surface area contributed by atoms with Gasteiger partial charge < -0.3 is 19.4 Å². The molecule has 3 heterocycles. The lowest BCUT2D eigenvalue weighted by Gasteiger charge is -2.32. The number of ether oxygens (including phenoxy) is 2. The first-order chi connectivity index (χ1) is 12.6. The number of nitrogens with zero attached hydrogens (tertiary/aromatic N) is 2.